The Morgan fingerprint density at radius 1 is 1.08 bits per heavy atom. The van der Waals surface area contributed by atoms with Gasteiger partial charge >= 0.3 is 0 Å². The minimum atomic E-state index is -0.285. The van der Waals surface area contributed by atoms with Crippen LogP contribution in [-0.4, -0.2) is 47.4 Å². The SMILES string of the molecule is O=C1c2ccc(NCC3CCNCC3)cc2CN1N1C(=O)CCCC1=O. The van der Waals surface area contributed by atoms with Gasteiger partial charge in [0.2, 0.25) is 11.8 Å². The van der Waals surface area contributed by atoms with Crippen LogP contribution in [0.2, 0.25) is 0 Å². The predicted octanol–water partition coefficient (Wildman–Crippen LogP) is 1.51. The van der Waals surface area contributed by atoms with Crippen molar-refractivity contribution in [3.05, 3.63) is 29.3 Å². The molecule has 3 aliphatic rings. The van der Waals surface area contributed by atoms with Gasteiger partial charge in [0.05, 0.1) is 6.54 Å². The number of nitrogens with one attached hydrogen (secondary N) is 2. The molecule has 26 heavy (non-hydrogen) atoms. The molecule has 1 aromatic carbocycles. The van der Waals surface area contributed by atoms with Gasteiger partial charge in [0.25, 0.3) is 5.91 Å². The van der Waals surface area contributed by atoms with E-state index in [4.69, 9.17) is 0 Å². The molecule has 138 valence electrons. The molecule has 7 nitrogen and oxygen atoms in total. The molecule has 2 fully saturated rings. The van der Waals surface area contributed by atoms with E-state index in [1.54, 1.807) is 6.07 Å². The van der Waals surface area contributed by atoms with Crippen LogP contribution in [0.5, 0.6) is 0 Å². The Morgan fingerprint density at radius 3 is 2.54 bits per heavy atom. The van der Waals surface area contributed by atoms with Crippen molar-refractivity contribution >= 4 is 23.4 Å². The van der Waals surface area contributed by atoms with E-state index < -0.39 is 0 Å². The molecule has 0 radical (unpaired) electrons. The van der Waals surface area contributed by atoms with E-state index in [9.17, 15) is 14.4 Å². The summed E-state index contributed by atoms with van der Waals surface area (Å²) in [5.41, 5.74) is 2.41. The molecule has 0 aromatic heterocycles. The van der Waals surface area contributed by atoms with Gasteiger partial charge in [-0.2, -0.15) is 5.01 Å². The minimum Gasteiger partial charge on any atom is -0.385 e. The second kappa shape index (κ2) is 7.07. The van der Waals surface area contributed by atoms with Crippen LogP contribution in [0.4, 0.5) is 5.69 Å². The van der Waals surface area contributed by atoms with Gasteiger partial charge in [0.15, 0.2) is 0 Å². The van der Waals surface area contributed by atoms with Crippen molar-refractivity contribution in [3.63, 3.8) is 0 Å². The lowest BCUT2D eigenvalue weighted by Crippen LogP contribution is -2.51. The Labute approximate surface area is 152 Å². The van der Waals surface area contributed by atoms with Gasteiger partial charge < -0.3 is 10.6 Å². The van der Waals surface area contributed by atoms with E-state index in [1.807, 2.05) is 12.1 Å². The summed E-state index contributed by atoms with van der Waals surface area (Å²) in [5, 5.41) is 9.18. The molecule has 0 bridgehead atoms. The molecule has 1 aromatic rings. The topological polar surface area (TPSA) is 81.8 Å². The Bertz CT molecular complexity index is 726. The maximum atomic E-state index is 12.7. The van der Waals surface area contributed by atoms with Crippen LogP contribution in [0, 0.1) is 5.92 Å². The fourth-order valence-corrected chi connectivity index (χ4v) is 3.94. The van der Waals surface area contributed by atoms with Gasteiger partial charge in [0, 0.05) is 30.6 Å². The van der Waals surface area contributed by atoms with E-state index >= 15 is 0 Å². The molecule has 2 N–H and O–H groups in total. The molecular weight excluding hydrogens is 332 g/mol. The van der Waals surface area contributed by atoms with Crippen LogP contribution in [-0.2, 0) is 16.1 Å². The van der Waals surface area contributed by atoms with Crippen molar-refractivity contribution in [2.24, 2.45) is 5.92 Å². The highest BCUT2D eigenvalue weighted by molar-refractivity contribution is 6.04. The lowest BCUT2D eigenvalue weighted by atomic mass is 9.98. The molecule has 7 heteroatoms. The number of imide groups is 1. The van der Waals surface area contributed by atoms with Crippen LogP contribution < -0.4 is 10.6 Å². The quantitative estimate of drug-likeness (QED) is 0.799. The lowest BCUT2D eigenvalue weighted by Gasteiger charge is -2.32. The maximum absolute atomic E-state index is 12.7. The van der Waals surface area contributed by atoms with E-state index in [2.05, 4.69) is 10.6 Å². The molecule has 2 saturated heterocycles. The average Bonchev–Trinajstić information content (AvgIpc) is 2.97. The Hall–Kier alpha value is -2.41. The number of hydrazine groups is 1. The molecule has 3 aliphatic heterocycles. The first kappa shape index (κ1) is 17.0. The molecule has 0 unspecified atom stereocenters. The van der Waals surface area contributed by atoms with E-state index in [-0.39, 0.29) is 24.3 Å². The summed E-state index contributed by atoms with van der Waals surface area (Å²) >= 11 is 0. The molecule has 0 atom stereocenters. The number of benzene rings is 1. The summed E-state index contributed by atoms with van der Waals surface area (Å²) < 4.78 is 0. The number of nitrogens with zero attached hydrogens (tertiary/aromatic N) is 2. The molecule has 3 heterocycles. The number of carbonyl (C=O) groups is 3. The van der Waals surface area contributed by atoms with Gasteiger partial charge in [0.1, 0.15) is 0 Å². The third kappa shape index (κ3) is 3.19. The van der Waals surface area contributed by atoms with Crippen molar-refractivity contribution in [1.82, 2.24) is 15.3 Å². The number of fused-ring (bicyclic) bond motifs is 1. The van der Waals surface area contributed by atoms with Crippen molar-refractivity contribution < 1.29 is 14.4 Å². The number of amides is 3. The fraction of sp³-hybridized carbons (Fsp3) is 0.526. The van der Waals surface area contributed by atoms with Gasteiger partial charge in [-0.15, -0.1) is 0 Å². The van der Waals surface area contributed by atoms with Crippen molar-refractivity contribution in [2.45, 2.75) is 38.6 Å². The summed E-state index contributed by atoms with van der Waals surface area (Å²) in [7, 11) is 0. The zero-order valence-electron chi connectivity index (χ0n) is 14.8. The second-order valence-corrected chi connectivity index (χ2v) is 7.26. The summed E-state index contributed by atoms with van der Waals surface area (Å²) in [6.45, 7) is 3.32. The largest absolute Gasteiger partial charge is 0.385 e. The summed E-state index contributed by atoms with van der Waals surface area (Å²) in [4.78, 5) is 36.9. The highest BCUT2D eigenvalue weighted by Crippen LogP contribution is 2.29. The molecule has 0 aliphatic carbocycles. The van der Waals surface area contributed by atoms with Crippen LogP contribution in [0.1, 0.15) is 48.0 Å². The zero-order valence-corrected chi connectivity index (χ0v) is 14.8. The molecular formula is C19H24N4O3. The molecule has 0 saturated carbocycles. The second-order valence-electron chi connectivity index (χ2n) is 7.26. The highest BCUT2D eigenvalue weighted by Gasteiger charge is 2.39. The summed E-state index contributed by atoms with van der Waals surface area (Å²) in [6, 6.07) is 5.66. The van der Waals surface area contributed by atoms with Gasteiger partial charge in [-0.05, 0) is 62.0 Å². The normalized spacial score (nSPS) is 21.3. The predicted molar refractivity (Wildman–Crippen MR) is 96.1 cm³/mol. The van der Waals surface area contributed by atoms with Gasteiger partial charge in [-0.1, -0.05) is 0 Å². The van der Waals surface area contributed by atoms with Gasteiger partial charge in [-0.3, -0.25) is 14.4 Å². The first-order valence-electron chi connectivity index (χ1n) is 9.38. The Balaban J connectivity index is 1.46. The van der Waals surface area contributed by atoms with Crippen LogP contribution in [0.15, 0.2) is 18.2 Å². The van der Waals surface area contributed by atoms with Gasteiger partial charge in [-0.25, -0.2) is 5.01 Å². The van der Waals surface area contributed by atoms with Crippen LogP contribution >= 0.6 is 0 Å². The van der Waals surface area contributed by atoms with Crippen molar-refractivity contribution in [2.75, 3.05) is 25.0 Å². The summed E-state index contributed by atoms with van der Waals surface area (Å²) in [5.74, 6) is -0.182. The van der Waals surface area contributed by atoms with E-state index in [1.165, 1.54) is 17.9 Å². The van der Waals surface area contributed by atoms with E-state index in [0.717, 1.165) is 35.9 Å². The first-order chi connectivity index (χ1) is 12.6. The molecule has 4 rings (SSSR count). The number of rotatable bonds is 4. The average molecular weight is 356 g/mol. The number of carbonyl (C=O) groups excluding carboxylic acids is 3. The highest BCUT2D eigenvalue weighted by atomic mass is 16.2. The monoisotopic (exact) mass is 356 g/mol. The standard InChI is InChI=1S/C19H24N4O3/c24-17-2-1-3-18(25)23(17)22-12-14-10-15(4-5-16(14)19(22)26)21-11-13-6-8-20-9-7-13/h4-5,10,13,20-21H,1-3,6-9,11-12H2. The van der Waals surface area contributed by atoms with E-state index in [0.29, 0.717) is 30.7 Å². The molecule has 3 amide bonds. The number of hydrogen-bond donors (Lipinski definition) is 2. The molecule has 0 spiro atoms. The number of anilines is 1. The lowest BCUT2D eigenvalue weighted by molar-refractivity contribution is -0.163. The third-order valence-electron chi connectivity index (χ3n) is 5.44. The summed E-state index contributed by atoms with van der Waals surface area (Å²) in [6.07, 6.45) is 3.53. The first-order valence-corrected chi connectivity index (χ1v) is 9.38. The minimum absolute atomic E-state index is 0.270. The maximum Gasteiger partial charge on any atom is 0.273 e. The Morgan fingerprint density at radius 2 is 1.81 bits per heavy atom. The van der Waals surface area contributed by atoms with Crippen LogP contribution in [0.25, 0.3) is 0 Å². The number of hydrogen-bond acceptors (Lipinski definition) is 5. The zero-order chi connectivity index (χ0) is 18.1. The third-order valence-corrected chi connectivity index (χ3v) is 5.44. The Kier molecular flexibility index (Phi) is 4.63. The van der Waals surface area contributed by atoms with Crippen molar-refractivity contribution in [1.29, 1.82) is 0 Å². The van der Waals surface area contributed by atoms with Crippen molar-refractivity contribution in [3.8, 4) is 0 Å². The smallest absolute Gasteiger partial charge is 0.273 e. The fourth-order valence-electron chi connectivity index (χ4n) is 3.94. The van der Waals surface area contributed by atoms with Crippen LogP contribution in [0.3, 0.4) is 0 Å². The number of piperidine rings is 2.